The van der Waals surface area contributed by atoms with E-state index in [1.165, 1.54) is 11.1 Å². The number of carbonyl (C=O) groups is 2. The van der Waals surface area contributed by atoms with E-state index in [0.29, 0.717) is 10.9 Å². The fraction of sp³-hybridized carbons (Fsp3) is 0.333. The van der Waals surface area contributed by atoms with Gasteiger partial charge >= 0.3 is 0 Å². The van der Waals surface area contributed by atoms with Gasteiger partial charge in [0.2, 0.25) is 0 Å². The lowest BCUT2D eigenvalue weighted by molar-refractivity contribution is 0.0940. The van der Waals surface area contributed by atoms with Crippen molar-refractivity contribution in [2.75, 3.05) is 0 Å². The van der Waals surface area contributed by atoms with Crippen molar-refractivity contribution in [1.29, 1.82) is 0 Å². The van der Waals surface area contributed by atoms with Gasteiger partial charge in [-0.2, -0.15) is 10.2 Å². The maximum Gasteiger partial charge on any atom is 0.172 e. The summed E-state index contributed by atoms with van der Waals surface area (Å²) in [5.41, 5.74) is 7.19. The Balaban J connectivity index is 0.000000143. The van der Waals surface area contributed by atoms with Crippen molar-refractivity contribution in [3.8, 4) is 0 Å². The molecular weight excluding hydrogens is 484 g/mol. The van der Waals surface area contributed by atoms with E-state index >= 15 is 0 Å². The van der Waals surface area contributed by atoms with Crippen LogP contribution in [-0.4, -0.2) is 31.1 Å². The van der Waals surface area contributed by atoms with Crippen LogP contribution in [0.1, 0.15) is 74.1 Å². The summed E-state index contributed by atoms with van der Waals surface area (Å²) >= 11 is 5.63. The van der Waals surface area contributed by atoms with E-state index in [9.17, 15) is 9.59 Å². The number of hydrogen-bond acceptors (Lipinski definition) is 4. The fourth-order valence-electron chi connectivity index (χ4n) is 5.00. The molecule has 0 saturated heterocycles. The molecule has 1 unspecified atom stereocenters. The van der Waals surface area contributed by atoms with Crippen LogP contribution in [0.4, 0.5) is 0 Å². The number of aromatic nitrogens is 4. The lowest BCUT2D eigenvalue weighted by Gasteiger charge is -2.23. The second kappa shape index (κ2) is 11.7. The third-order valence-corrected chi connectivity index (χ3v) is 7.16. The maximum atomic E-state index is 12.5. The van der Waals surface area contributed by atoms with Gasteiger partial charge in [-0.3, -0.25) is 19.0 Å². The van der Waals surface area contributed by atoms with Crippen LogP contribution >= 0.6 is 11.6 Å². The molecule has 4 aromatic rings. The second-order valence-electron chi connectivity index (χ2n) is 9.61. The van der Waals surface area contributed by atoms with Gasteiger partial charge in [-0.1, -0.05) is 60.1 Å². The zero-order chi connectivity index (χ0) is 26.5. The first kappa shape index (κ1) is 26.6. The molecule has 2 aromatic carbocycles. The van der Waals surface area contributed by atoms with Gasteiger partial charge in [0.05, 0.1) is 17.3 Å². The lowest BCUT2D eigenvalue weighted by Crippen LogP contribution is -2.22. The largest absolute Gasteiger partial charge is 0.294 e. The number of nitrogens with zero attached hydrogens (tertiary/aromatic N) is 4. The molecule has 2 heterocycles. The molecule has 0 amide bonds. The van der Waals surface area contributed by atoms with Crippen LogP contribution in [0.2, 0.25) is 5.15 Å². The first-order valence-corrected chi connectivity index (χ1v) is 13.0. The van der Waals surface area contributed by atoms with E-state index in [1.807, 2.05) is 87.2 Å². The molecular formula is C30H33ClN4O2. The van der Waals surface area contributed by atoms with Crippen molar-refractivity contribution < 1.29 is 9.59 Å². The molecule has 0 aliphatic heterocycles. The number of Topliss-reactive ketones (excluding diaryl/α,β-unsaturated/α-hetero) is 2. The molecule has 0 radical (unpaired) electrons. The normalized spacial score (nSPS) is 16.1. The maximum absolute atomic E-state index is 12.5. The summed E-state index contributed by atoms with van der Waals surface area (Å²) < 4.78 is 3.47. The molecule has 192 valence electrons. The Morgan fingerprint density at radius 1 is 0.784 bits per heavy atom. The highest BCUT2D eigenvalue weighted by Gasteiger charge is 2.30. The molecule has 0 spiro atoms. The Morgan fingerprint density at radius 2 is 1.38 bits per heavy atom. The molecule has 1 atom stereocenters. The van der Waals surface area contributed by atoms with Gasteiger partial charge in [0, 0.05) is 37.3 Å². The molecule has 6 nitrogen and oxygen atoms in total. The van der Waals surface area contributed by atoms with Crippen LogP contribution in [-0.2, 0) is 26.9 Å². The summed E-state index contributed by atoms with van der Waals surface area (Å²) in [6.45, 7) is 3.87. The Hall–Kier alpha value is -3.51. The summed E-state index contributed by atoms with van der Waals surface area (Å²) in [7, 11) is 3.73. The van der Waals surface area contributed by atoms with Gasteiger partial charge < -0.3 is 0 Å². The van der Waals surface area contributed by atoms with Crippen molar-refractivity contribution in [2.45, 2.75) is 51.9 Å². The average molecular weight is 517 g/mol. The van der Waals surface area contributed by atoms with E-state index in [-0.39, 0.29) is 11.7 Å². The smallest absolute Gasteiger partial charge is 0.172 e. The van der Waals surface area contributed by atoms with E-state index in [1.54, 1.807) is 4.68 Å². The number of hydrogen-bond donors (Lipinski definition) is 0. The summed E-state index contributed by atoms with van der Waals surface area (Å²) in [6.07, 6.45) is 4.68. The fourth-order valence-corrected chi connectivity index (χ4v) is 5.20. The van der Waals surface area contributed by atoms with E-state index in [2.05, 4.69) is 16.3 Å². The van der Waals surface area contributed by atoms with Crippen LogP contribution in [0.3, 0.4) is 0 Å². The van der Waals surface area contributed by atoms with Crippen LogP contribution in [0.25, 0.3) is 0 Å². The van der Waals surface area contributed by atoms with Crippen LogP contribution in [0.15, 0.2) is 60.7 Å². The number of halogens is 1. The molecule has 37 heavy (non-hydrogen) atoms. The summed E-state index contributed by atoms with van der Waals surface area (Å²) in [5, 5.41) is 9.02. The zero-order valence-electron chi connectivity index (χ0n) is 21.9. The van der Waals surface area contributed by atoms with Crippen molar-refractivity contribution in [3.63, 3.8) is 0 Å². The number of benzene rings is 2. The Bertz CT molecular complexity index is 1400. The van der Waals surface area contributed by atoms with Gasteiger partial charge in [0.1, 0.15) is 5.15 Å². The zero-order valence-corrected chi connectivity index (χ0v) is 22.6. The number of rotatable bonds is 1. The quantitative estimate of drug-likeness (QED) is 0.301. The van der Waals surface area contributed by atoms with Gasteiger partial charge in [-0.25, -0.2) is 0 Å². The molecule has 0 N–H and O–H groups in total. The third-order valence-electron chi connectivity index (χ3n) is 6.81. The number of ketones is 2. The van der Waals surface area contributed by atoms with E-state index in [0.717, 1.165) is 60.3 Å². The number of fused-ring (bicyclic) bond motifs is 2. The highest BCUT2D eigenvalue weighted by atomic mass is 35.5. The number of aryl methyl sites for hydroxylation is 6. The minimum Gasteiger partial charge on any atom is -0.294 e. The van der Waals surface area contributed by atoms with Gasteiger partial charge in [-0.05, 0) is 62.8 Å². The standard InChI is InChI=1S/C15H16N2O.C10H10O.C5H7ClN2/c1-10-9-14(17(2)16-10)13-8-7-11-5-3-4-6-12(11)15(13)18;11-10-7-3-5-8-4-1-2-6-9(8)10;1-4-3-5(6)8(2)7-4/h3-6,9,13H,7-8H2,1-2H3;1-2,4,6H,3,5,7H2;3H,1-2H3. The third kappa shape index (κ3) is 6.25. The molecule has 0 bridgehead atoms. The molecule has 2 aliphatic carbocycles. The van der Waals surface area contributed by atoms with Gasteiger partial charge in [0.25, 0.3) is 0 Å². The molecule has 0 fully saturated rings. The van der Waals surface area contributed by atoms with Crippen LogP contribution in [0.5, 0.6) is 0 Å². The second-order valence-corrected chi connectivity index (χ2v) is 10.0. The highest BCUT2D eigenvalue weighted by Crippen LogP contribution is 2.32. The SMILES string of the molecule is Cc1cc(C2CCc3ccccc3C2=O)n(C)n1.Cc1cc(Cl)n(C)n1.O=C1CCCc2ccccc21. The minimum absolute atomic E-state index is 0.0360. The lowest BCUT2D eigenvalue weighted by atomic mass is 9.81. The van der Waals surface area contributed by atoms with Crippen molar-refractivity contribution in [3.05, 3.63) is 105 Å². The van der Waals surface area contributed by atoms with E-state index < -0.39 is 0 Å². The summed E-state index contributed by atoms with van der Waals surface area (Å²) in [4.78, 5) is 23.8. The monoisotopic (exact) mass is 516 g/mol. The Morgan fingerprint density at radius 3 is 1.92 bits per heavy atom. The highest BCUT2D eigenvalue weighted by molar-refractivity contribution is 6.29. The van der Waals surface area contributed by atoms with Gasteiger partial charge in [0.15, 0.2) is 11.6 Å². The van der Waals surface area contributed by atoms with Crippen LogP contribution < -0.4 is 0 Å². The van der Waals surface area contributed by atoms with Crippen molar-refractivity contribution in [1.82, 2.24) is 19.6 Å². The first-order valence-electron chi connectivity index (χ1n) is 12.6. The van der Waals surface area contributed by atoms with E-state index in [4.69, 9.17) is 11.6 Å². The molecule has 2 aromatic heterocycles. The molecule has 6 rings (SSSR count). The molecule has 7 heteroatoms. The summed E-state index contributed by atoms with van der Waals surface area (Å²) in [6, 6.07) is 19.7. The van der Waals surface area contributed by atoms with Crippen LogP contribution in [0, 0.1) is 13.8 Å². The number of carbonyl (C=O) groups excluding carboxylic acids is 2. The Labute approximate surface area is 223 Å². The minimum atomic E-state index is -0.0360. The topological polar surface area (TPSA) is 69.8 Å². The average Bonchev–Trinajstić information content (AvgIpc) is 3.38. The summed E-state index contributed by atoms with van der Waals surface area (Å²) in [5.74, 6) is 0.512. The van der Waals surface area contributed by atoms with Gasteiger partial charge in [-0.15, -0.1) is 0 Å². The first-order chi connectivity index (χ1) is 17.7. The van der Waals surface area contributed by atoms with Crippen molar-refractivity contribution >= 4 is 23.2 Å². The predicted molar refractivity (Wildman–Crippen MR) is 146 cm³/mol. The predicted octanol–water partition coefficient (Wildman–Crippen LogP) is 6.23. The molecule has 0 saturated carbocycles. The van der Waals surface area contributed by atoms with Crippen molar-refractivity contribution in [2.24, 2.45) is 14.1 Å². The Kier molecular flexibility index (Phi) is 8.39. The molecule has 2 aliphatic rings.